The van der Waals surface area contributed by atoms with Gasteiger partial charge in [0.25, 0.3) is 0 Å². The molecule has 15 heavy (non-hydrogen) atoms. The standard InChI is InChI=1S/C13H19NO/c1-2-15-12-7-5-11(6-8-12)13(14)9-10-3-4-10/h5-8,10,13H,2-4,9,14H2,1H3/t13-/m1/s1. The molecule has 1 aliphatic rings. The summed E-state index contributed by atoms with van der Waals surface area (Å²) in [5, 5.41) is 0. The lowest BCUT2D eigenvalue weighted by molar-refractivity contribution is 0.340. The molecule has 1 fully saturated rings. The van der Waals surface area contributed by atoms with Gasteiger partial charge in [0.2, 0.25) is 0 Å². The molecule has 0 radical (unpaired) electrons. The molecule has 0 spiro atoms. The summed E-state index contributed by atoms with van der Waals surface area (Å²) >= 11 is 0. The summed E-state index contributed by atoms with van der Waals surface area (Å²) in [6.07, 6.45) is 3.86. The first-order valence-corrected chi connectivity index (χ1v) is 5.78. The molecule has 2 N–H and O–H groups in total. The molecule has 0 amide bonds. The van der Waals surface area contributed by atoms with Crippen molar-refractivity contribution in [3.8, 4) is 5.75 Å². The van der Waals surface area contributed by atoms with E-state index in [0.29, 0.717) is 6.61 Å². The molecule has 0 aliphatic heterocycles. The van der Waals surface area contributed by atoms with E-state index in [1.807, 2.05) is 19.1 Å². The molecule has 2 nitrogen and oxygen atoms in total. The van der Waals surface area contributed by atoms with E-state index < -0.39 is 0 Å². The average Bonchev–Trinajstić information content (AvgIpc) is 3.03. The number of ether oxygens (including phenoxy) is 1. The third-order valence-corrected chi connectivity index (χ3v) is 2.90. The lowest BCUT2D eigenvalue weighted by Crippen LogP contribution is -2.10. The first kappa shape index (κ1) is 10.5. The predicted molar refractivity (Wildman–Crippen MR) is 61.9 cm³/mol. The lowest BCUT2D eigenvalue weighted by atomic mass is 10.0. The van der Waals surface area contributed by atoms with Crippen LogP contribution in [0.3, 0.4) is 0 Å². The molecular weight excluding hydrogens is 186 g/mol. The minimum Gasteiger partial charge on any atom is -0.494 e. The van der Waals surface area contributed by atoms with Crippen LogP contribution in [0.2, 0.25) is 0 Å². The maximum Gasteiger partial charge on any atom is 0.119 e. The van der Waals surface area contributed by atoms with Gasteiger partial charge in [-0.3, -0.25) is 0 Å². The van der Waals surface area contributed by atoms with Crippen molar-refractivity contribution >= 4 is 0 Å². The van der Waals surface area contributed by atoms with E-state index in [0.717, 1.165) is 18.1 Å². The fourth-order valence-corrected chi connectivity index (χ4v) is 1.83. The van der Waals surface area contributed by atoms with E-state index >= 15 is 0 Å². The van der Waals surface area contributed by atoms with Crippen molar-refractivity contribution in [2.45, 2.75) is 32.2 Å². The summed E-state index contributed by atoms with van der Waals surface area (Å²) in [7, 11) is 0. The van der Waals surface area contributed by atoms with Gasteiger partial charge in [-0.25, -0.2) is 0 Å². The van der Waals surface area contributed by atoms with Crippen molar-refractivity contribution in [2.75, 3.05) is 6.61 Å². The van der Waals surface area contributed by atoms with Crippen molar-refractivity contribution in [3.05, 3.63) is 29.8 Å². The summed E-state index contributed by atoms with van der Waals surface area (Å²) in [4.78, 5) is 0. The topological polar surface area (TPSA) is 35.2 Å². The van der Waals surface area contributed by atoms with Crippen LogP contribution in [0.25, 0.3) is 0 Å². The van der Waals surface area contributed by atoms with Crippen LogP contribution in [0, 0.1) is 5.92 Å². The fourth-order valence-electron chi connectivity index (χ4n) is 1.83. The minimum atomic E-state index is 0.202. The van der Waals surface area contributed by atoms with Gasteiger partial charge in [-0.2, -0.15) is 0 Å². The van der Waals surface area contributed by atoms with Gasteiger partial charge in [0.05, 0.1) is 6.61 Å². The summed E-state index contributed by atoms with van der Waals surface area (Å²) in [6.45, 7) is 2.71. The third-order valence-electron chi connectivity index (χ3n) is 2.90. The zero-order chi connectivity index (χ0) is 10.7. The zero-order valence-corrected chi connectivity index (χ0v) is 9.28. The van der Waals surface area contributed by atoms with Crippen LogP contribution >= 0.6 is 0 Å². The molecule has 0 saturated heterocycles. The van der Waals surface area contributed by atoms with Crippen LogP contribution < -0.4 is 10.5 Å². The highest BCUT2D eigenvalue weighted by atomic mass is 16.5. The van der Waals surface area contributed by atoms with Crippen LogP contribution in [-0.4, -0.2) is 6.61 Å². The number of nitrogens with two attached hydrogens (primary N) is 1. The molecule has 1 aromatic carbocycles. The maximum atomic E-state index is 6.12. The Morgan fingerprint density at radius 1 is 1.33 bits per heavy atom. The van der Waals surface area contributed by atoms with Crippen LogP contribution in [0.1, 0.15) is 37.8 Å². The molecule has 0 aromatic heterocycles. The molecule has 1 aromatic rings. The van der Waals surface area contributed by atoms with Crippen LogP contribution in [0.5, 0.6) is 5.75 Å². The molecule has 0 heterocycles. The van der Waals surface area contributed by atoms with Gasteiger partial charge in [-0.05, 0) is 37.0 Å². The van der Waals surface area contributed by atoms with Gasteiger partial charge in [-0.15, -0.1) is 0 Å². The Bertz CT molecular complexity index is 303. The zero-order valence-electron chi connectivity index (χ0n) is 9.28. The van der Waals surface area contributed by atoms with Gasteiger partial charge in [0.15, 0.2) is 0 Å². The summed E-state index contributed by atoms with van der Waals surface area (Å²) in [5.74, 6) is 1.81. The summed E-state index contributed by atoms with van der Waals surface area (Å²) in [5.41, 5.74) is 7.35. The molecule has 1 atom stereocenters. The van der Waals surface area contributed by atoms with Crippen LogP contribution in [0.15, 0.2) is 24.3 Å². The minimum absolute atomic E-state index is 0.202. The first-order chi connectivity index (χ1) is 7.29. The molecule has 2 rings (SSSR count). The molecule has 0 unspecified atom stereocenters. The molecule has 0 bridgehead atoms. The van der Waals surface area contributed by atoms with E-state index in [9.17, 15) is 0 Å². The molecule has 1 aliphatic carbocycles. The molecule has 2 heteroatoms. The molecule has 1 saturated carbocycles. The van der Waals surface area contributed by atoms with Gasteiger partial charge < -0.3 is 10.5 Å². The normalized spacial score (nSPS) is 17.5. The highest BCUT2D eigenvalue weighted by molar-refractivity contribution is 5.29. The van der Waals surface area contributed by atoms with Crippen molar-refractivity contribution in [1.82, 2.24) is 0 Å². The molecular formula is C13H19NO. The Hall–Kier alpha value is -1.02. The highest BCUT2D eigenvalue weighted by Crippen LogP contribution is 2.36. The predicted octanol–water partition coefficient (Wildman–Crippen LogP) is 2.89. The third kappa shape index (κ3) is 2.96. The Morgan fingerprint density at radius 2 is 2.00 bits per heavy atom. The highest BCUT2D eigenvalue weighted by Gasteiger charge is 2.24. The van der Waals surface area contributed by atoms with Crippen LogP contribution in [-0.2, 0) is 0 Å². The number of rotatable bonds is 5. The summed E-state index contributed by atoms with van der Waals surface area (Å²) in [6, 6.07) is 8.38. The molecule has 82 valence electrons. The average molecular weight is 205 g/mol. The maximum absolute atomic E-state index is 6.12. The van der Waals surface area contributed by atoms with Crippen LogP contribution in [0.4, 0.5) is 0 Å². The van der Waals surface area contributed by atoms with Crippen molar-refractivity contribution < 1.29 is 4.74 Å². The van der Waals surface area contributed by atoms with Gasteiger partial charge in [0, 0.05) is 6.04 Å². The first-order valence-electron chi connectivity index (χ1n) is 5.78. The smallest absolute Gasteiger partial charge is 0.119 e. The Kier molecular flexibility index (Phi) is 3.27. The van der Waals surface area contributed by atoms with E-state index in [2.05, 4.69) is 12.1 Å². The summed E-state index contributed by atoms with van der Waals surface area (Å²) < 4.78 is 5.39. The second-order valence-electron chi connectivity index (χ2n) is 4.29. The van der Waals surface area contributed by atoms with E-state index in [1.54, 1.807) is 0 Å². The number of hydrogen-bond donors (Lipinski definition) is 1. The van der Waals surface area contributed by atoms with Crippen molar-refractivity contribution in [2.24, 2.45) is 11.7 Å². The van der Waals surface area contributed by atoms with Gasteiger partial charge in [-0.1, -0.05) is 25.0 Å². The largest absolute Gasteiger partial charge is 0.494 e. The second-order valence-corrected chi connectivity index (χ2v) is 4.29. The fraction of sp³-hybridized carbons (Fsp3) is 0.538. The Labute approximate surface area is 91.4 Å². The number of hydrogen-bond acceptors (Lipinski definition) is 2. The van der Waals surface area contributed by atoms with Gasteiger partial charge in [0.1, 0.15) is 5.75 Å². The second kappa shape index (κ2) is 4.67. The van der Waals surface area contributed by atoms with E-state index in [4.69, 9.17) is 10.5 Å². The van der Waals surface area contributed by atoms with E-state index in [-0.39, 0.29) is 6.04 Å². The van der Waals surface area contributed by atoms with E-state index in [1.165, 1.54) is 18.4 Å². The van der Waals surface area contributed by atoms with Crippen molar-refractivity contribution in [1.29, 1.82) is 0 Å². The SMILES string of the molecule is CCOc1ccc([C@H](N)CC2CC2)cc1. The lowest BCUT2D eigenvalue weighted by Gasteiger charge is -2.12. The Morgan fingerprint density at radius 3 is 2.53 bits per heavy atom. The van der Waals surface area contributed by atoms with Gasteiger partial charge >= 0.3 is 0 Å². The Balaban J connectivity index is 1.95. The van der Waals surface area contributed by atoms with Crippen molar-refractivity contribution in [3.63, 3.8) is 0 Å². The quantitative estimate of drug-likeness (QED) is 0.802. The monoisotopic (exact) mass is 205 g/mol. The number of benzene rings is 1.